The Morgan fingerprint density at radius 1 is 0.471 bits per heavy atom. The second-order valence-corrected chi connectivity index (χ2v) is 26.7. The molecule has 0 aliphatic rings. The zero-order chi connectivity index (χ0) is 26.9. The summed E-state index contributed by atoms with van der Waals surface area (Å²) in [5.41, 5.74) is 6.43. The molecule has 0 saturated carbocycles. The first-order valence-electron chi connectivity index (χ1n) is 11.7. The number of anilines is 2. The standard InChI is InChI=1S/2C12H23NO2Si2/c2*1-10-8-7-9-11(2)12(10)13(16(3,4)5)17(6,14)15/h2*7-9,14-15H,1-6H3. The van der Waals surface area contributed by atoms with E-state index in [1.807, 2.05) is 72.6 Å². The minimum absolute atomic E-state index is 1.01. The van der Waals surface area contributed by atoms with Crippen LogP contribution in [-0.2, 0) is 0 Å². The van der Waals surface area contributed by atoms with E-state index in [1.165, 1.54) is 0 Å². The summed E-state index contributed by atoms with van der Waals surface area (Å²) >= 11 is 0. The van der Waals surface area contributed by atoms with Crippen LogP contribution in [0.2, 0.25) is 52.4 Å². The first kappa shape index (κ1) is 30.8. The summed E-state index contributed by atoms with van der Waals surface area (Å²) < 4.78 is 3.84. The van der Waals surface area contributed by atoms with E-state index in [4.69, 9.17) is 0 Å². The molecule has 2 rings (SSSR count). The monoisotopic (exact) mass is 538 g/mol. The van der Waals surface area contributed by atoms with Gasteiger partial charge in [0.1, 0.15) is 16.5 Å². The highest BCUT2D eigenvalue weighted by Gasteiger charge is 2.43. The van der Waals surface area contributed by atoms with E-state index in [1.54, 1.807) is 13.1 Å². The lowest BCUT2D eigenvalue weighted by Gasteiger charge is -2.43. The van der Waals surface area contributed by atoms with Crippen LogP contribution in [0.1, 0.15) is 22.3 Å². The fourth-order valence-electron chi connectivity index (χ4n) is 4.68. The van der Waals surface area contributed by atoms with Crippen molar-refractivity contribution in [2.24, 2.45) is 0 Å². The van der Waals surface area contributed by atoms with Crippen molar-refractivity contribution in [3.63, 3.8) is 0 Å². The summed E-state index contributed by atoms with van der Waals surface area (Å²) in [5, 5.41) is 0. The van der Waals surface area contributed by atoms with Gasteiger partial charge in [-0.15, -0.1) is 0 Å². The Kier molecular flexibility index (Phi) is 9.77. The lowest BCUT2D eigenvalue weighted by Crippen LogP contribution is -2.63. The van der Waals surface area contributed by atoms with Crippen molar-refractivity contribution >= 4 is 45.3 Å². The maximum absolute atomic E-state index is 10.2. The first-order valence-corrected chi connectivity index (χ1v) is 23.3. The fourth-order valence-corrected chi connectivity index (χ4v) is 18.4. The Morgan fingerprint density at radius 2 is 0.676 bits per heavy atom. The molecule has 0 radical (unpaired) electrons. The van der Waals surface area contributed by atoms with Gasteiger partial charge in [0, 0.05) is 11.4 Å². The van der Waals surface area contributed by atoms with Crippen molar-refractivity contribution in [3.8, 4) is 0 Å². The molecule has 192 valence electrons. The third kappa shape index (κ3) is 7.88. The van der Waals surface area contributed by atoms with Crippen LogP contribution in [0.4, 0.5) is 11.4 Å². The molecule has 0 saturated heterocycles. The van der Waals surface area contributed by atoms with E-state index >= 15 is 0 Å². The van der Waals surface area contributed by atoms with E-state index in [0.29, 0.717) is 0 Å². The molecule has 0 spiro atoms. The van der Waals surface area contributed by atoms with Gasteiger partial charge in [0.05, 0.1) is 0 Å². The minimum atomic E-state index is -3.33. The average molecular weight is 539 g/mol. The maximum atomic E-state index is 10.2. The second-order valence-electron chi connectivity index (χ2n) is 11.4. The highest BCUT2D eigenvalue weighted by atomic mass is 28.4. The van der Waals surface area contributed by atoms with Crippen LogP contribution in [0, 0.1) is 27.7 Å². The maximum Gasteiger partial charge on any atom is 0.442 e. The molecule has 34 heavy (non-hydrogen) atoms. The Bertz CT molecular complexity index is 827. The first-order chi connectivity index (χ1) is 15.1. The van der Waals surface area contributed by atoms with E-state index < -0.39 is 33.9 Å². The van der Waals surface area contributed by atoms with Crippen LogP contribution in [0.5, 0.6) is 0 Å². The van der Waals surface area contributed by atoms with Gasteiger partial charge in [-0.2, -0.15) is 0 Å². The van der Waals surface area contributed by atoms with Gasteiger partial charge in [-0.3, -0.25) is 0 Å². The molecule has 0 fully saturated rings. The van der Waals surface area contributed by atoms with Crippen LogP contribution in [0.3, 0.4) is 0 Å². The van der Waals surface area contributed by atoms with E-state index in [-0.39, 0.29) is 0 Å². The van der Waals surface area contributed by atoms with Crippen LogP contribution >= 0.6 is 0 Å². The molecule has 0 bridgehead atoms. The van der Waals surface area contributed by atoms with Crippen LogP contribution < -0.4 is 8.46 Å². The SMILES string of the molecule is Cc1cccc(C)c1N([Si](C)(C)C)[Si](C)(O)O.Cc1cccc(C)c1N([Si](C)(C)C)[Si](C)(O)O. The summed E-state index contributed by atoms with van der Waals surface area (Å²) in [6.45, 7) is 24.0. The summed E-state index contributed by atoms with van der Waals surface area (Å²) in [4.78, 5) is 40.7. The summed E-state index contributed by atoms with van der Waals surface area (Å²) in [6, 6.07) is 12.1. The van der Waals surface area contributed by atoms with Crippen molar-refractivity contribution in [2.45, 2.75) is 80.1 Å². The number of benzene rings is 2. The molecule has 0 aliphatic carbocycles. The molecule has 2 aromatic carbocycles. The smallest absolute Gasteiger partial charge is 0.395 e. The van der Waals surface area contributed by atoms with Crippen molar-refractivity contribution < 1.29 is 19.2 Å². The third-order valence-corrected chi connectivity index (χ3v) is 17.4. The third-order valence-electron chi connectivity index (χ3n) is 5.52. The number of hydrogen-bond acceptors (Lipinski definition) is 6. The molecule has 6 nitrogen and oxygen atoms in total. The molecule has 0 unspecified atom stereocenters. The van der Waals surface area contributed by atoms with Crippen LogP contribution in [0.15, 0.2) is 36.4 Å². The largest absolute Gasteiger partial charge is 0.442 e. The number of nitrogens with zero attached hydrogens (tertiary/aromatic N) is 2. The topological polar surface area (TPSA) is 87.4 Å². The molecule has 0 aliphatic heterocycles. The van der Waals surface area contributed by atoms with E-state index in [2.05, 4.69) is 39.3 Å². The normalized spacial score (nSPS) is 12.7. The fraction of sp³-hybridized carbons (Fsp3) is 0.500. The number of hydrogen-bond donors (Lipinski definition) is 4. The Balaban J connectivity index is 0.000000340. The van der Waals surface area contributed by atoms with Crippen molar-refractivity contribution in [1.29, 1.82) is 0 Å². The van der Waals surface area contributed by atoms with Gasteiger partial charge in [-0.1, -0.05) is 75.7 Å². The van der Waals surface area contributed by atoms with Gasteiger partial charge < -0.3 is 27.6 Å². The van der Waals surface area contributed by atoms with E-state index in [9.17, 15) is 19.2 Å². The molecule has 10 heteroatoms. The molecule has 0 atom stereocenters. The Hall–Kier alpha value is -1.25. The molecule has 0 aromatic heterocycles. The van der Waals surface area contributed by atoms with Gasteiger partial charge >= 0.3 is 17.4 Å². The van der Waals surface area contributed by atoms with Crippen molar-refractivity contribution in [2.75, 3.05) is 8.46 Å². The predicted octanol–water partition coefficient (Wildman–Crippen LogP) is 5.00. The summed E-state index contributed by atoms with van der Waals surface area (Å²) in [5.74, 6) is 0. The highest BCUT2D eigenvalue weighted by molar-refractivity contribution is 6.95. The number of rotatable bonds is 6. The number of para-hydroxylation sites is 2. The zero-order valence-electron chi connectivity index (χ0n) is 23.1. The average Bonchev–Trinajstić information content (AvgIpc) is 2.57. The summed E-state index contributed by atoms with van der Waals surface area (Å²) in [7, 11) is -10.3. The van der Waals surface area contributed by atoms with E-state index in [0.717, 1.165) is 33.6 Å². The van der Waals surface area contributed by atoms with Gasteiger partial charge in [0.25, 0.3) is 0 Å². The molecular formula is C24H46N2O4Si4. The minimum Gasteiger partial charge on any atom is -0.395 e. The molecule has 0 heterocycles. The quantitative estimate of drug-likeness (QED) is 0.387. The van der Waals surface area contributed by atoms with Crippen molar-refractivity contribution in [1.82, 2.24) is 0 Å². The van der Waals surface area contributed by atoms with Gasteiger partial charge in [0.2, 0.25) is 0 Å². The lowest BCUT2D eigenvalue weighted by atomic mass is 10.1. The van der Waals surface area contributed by atoms with Crippen LogP contribution in [-0.4, -0.2) is 53.1 Å². The number of aryl methyl sites for hydroxylation is 4. The molecular weight excluding hydrogens is 493 g/mol. The predicted molar refractivity (Wildman–Crippen MR) is 156 cm³/mol. The Morgan fingerprint density at radius 3 is 0.824 bits per heavy atom. The van der Waals surface area contributed by atoms with Crippen molar-refractivity contribution in [3.05, 3.63) is 58.7 Å². The van der Waals surface area contributed by atoms with Gasteiger partial charge in [-0.05, 0) is 63.0 Å². The zero-order valence-corrected chi connectivity index (χ0v) is 27.1. The second kappa shape index (κ2) is 10.8. The summed E-state index contributed by atoms with van der Waals surface area (Å²) in [6.07, 6.45) is 0. The lowest BCUT2D eigenvalue weighted by molar-refractivity contribution is 0.371. The van der Waals surface area contributed by atoms with Gasteiger partial charge in [-0.25, -0.2) is 0 Å². The molecule has 0 amide bonds. The Labute approximate surface area is 211 Å². The molecule has 4 N–H and O–H groups in total. The van der Waals surface area contributed by atoms with Gasteiger partial charge in [0.15, 0.2) is 0 Å². The highest BCUT2D eigenvalue weighted by Crippen LogP contribution is 2.33. The van der Waals surface area contributed by atoms with Crippen LogP contribution in [0.25, 0.3) is 0 Å². The molecule has 2 aromatic rings.